The van der Waals surface area contributed by atoms with Crippen molar-refractivity contribution in [3.05, 3.63) is 36.2 Å². The van der Waals surface area contributed by atoms with E-state index in [1.165, 1.54) is 11.0 Å². The van der Waals surface area contributed by atoms with Gasteiger partial charge in [0.2, 0.25) is 0 Å². The number of likely N-dealkylation sites (tertiary alicyclic amines) is 1. The van der Waals surface area contributed by atoms with Crippen molar-refractivity contribution < 1.29 is 14.3 Å². The molecule has 2 heterocycles. The van der Waals surface area contributed by atoms with Gasteiger partial charge < -0.3 is 9.64 Å². The summed E-state index contributed by atoms with van der Waals surface area (Å²) in [6.07, 6.45) is 3.06. The molecule has 1 saturated heterocycles. The van der Waals surface area contributed by atoms with Crippen molar-refractivity contribution in [1.29, 1.82) is 0 Å². The summed E-state index contributed by atoms with van der Waals surface area (Å²) in [4.78, 5) is 26.3. The van der Waals surface area contributed by atoms with Gasteiger partial charge in [-0.1, -0.05) is 0 Å². The van der Waals surface area contributed by atoms with Gasteiger partial charge in [-0.15, -0.1) is 5.10 Å². The van der Waals surface area contributed by atoms with Crippen LogP contribution >= 0.6 is 0 Å². The molecule has 1 unspecified atom stereocenters. The lowest BCUT2D eigenvalue weighted by Crippen LogP contribution is -2.42. The normalized spacial score (nSPS) is 17.5. The number of benzene rings is 1. The second-order valence-corrected chi connectivity index (χ2v) is 5.64. The number of hydrogen-bond acceptors (Lipinski definition) is 6. The van der Waals surface area contributed by atoms with Crippen molar-refractivity contribution in [2.24, 2.45) is 5.92 Å². The van der Waals surface area contributed by atoms with Crippen LogP contribution in [0.2, 0.25) is 0 Å². The molecule has 0 spiro atoms. The minimum absolute atomic E-state index is 0.0766. The molecule has 0 bridgehead atoms. The zero-order chi connectivity index (χ0) is 16.9. The monoisotopic (exact) mass is 329 g/mol. The predicted molar refractivity (Wildman–Crippen MR) is 84.4 cm³/mol. The maximum atomic E-state index is 12.7. The SMILES string of the molecule is CCOC(=O)C1CCCN(C(=O)c2ccc(-n3cnnn3)cc2)C1. The van der Waals surface area contributed by atoms with Crippen LogP contribution in [0, 0.1) is 5.92 Å². The molecular formula is C16H19N5O3. The topological polar surface area (TPSA) is 90.2 Å². The fourth-order valence-corrected chi connectivity index (χ4v) is 2.83. The van der Waals surface area contributed by atoms with E-state index in [4.69, 9.17) is 4.74 Å². The van der Waals surface area contributed by atoms with Gasteiger partial charge in [0.15, 0.2) is 0 Å². The van der Waals surface area contributed by atoms with Gasteiger partial charge in [0.05, 0.1) is 18.2 Å². The van der Waals surface area contributed by atoms with Gasteiger partial charge in [0.1, 0.15) is 6.33 Å². The van der Waals surface area contributed by atoms with Crippen molar-refractivity contribution in [2.75, 3.05) is 19.7 Å². The number of rotatable bonds is 4. The van der Waals surface area contributed by atoms with Crippen LogP contribution < -0.4 is 0 Å². The molecule has 1 fully saturated rings. The molecule has 8 nitrogen and oxygen atoms in total. The van der Waals surface area contributed by atoms with Gasteiger partial charge >= 0.3 is 5.97 Å². The Morgan fingerprint density at radius 3 is 2.75 bits per heavy atom. The number of esters is 1. The maximum Gasteiger partial charge on any atom is 0.310 e. The Hall–Kier alpha value is -2.77. The second kappa shape index (κ2) is 7.20. The molecule has 2 aromatic rings. The van der Waals surface area contributed by atoms with Crippen molar-refractivity contribution in [3.8, 4) is 5.69 Å². The number of piperidine rings is 1. The molecule has 0 radical (unpaired) electrons. The molecule has 3 rings (SSSR count). The summed E-state index contributed by atoms with van der Waals surface area (Å²) in [6.45, 7) is 3.22. The lowest BCUT2D eigenvalue weighted by Gasteiger charge is -2.31. The van der Waals surface area contributed by atoms with E-state index in [0.717, 1.165) is 18.5 Å². The summed E-state index contributed by atoms with van der Waals surface area (Å²) < 4.78 is 6.59. The maximum absolute atomic E-state index is 12.7. The fourth-order valence-electron chi connectivity index (χ4n) is 2.83. The number of nitrogens with zero attached hydrogens (tertiary/aromatic N) is 5. The second-order valence-electron chi connectivity index (χ2n) is 5.64. The van der Waals surface area contributed by atoms with E-state index < -0.39 is 0 Å². The van der Waals surface area contributed by atoms with Crippen LogP contribution in [0.15, 0.2) is 30.6 Å². The van der Waals surface area contributed by atoms with E-state index in [1.807, 2.05) is 0 Å². The number of ether oxygens (including phenoxy) is 1. The predicted octanol–water partition coefficient (Wildman–Crippen LogP) is 1.08. The number of aromatic nitrogens is 4. The zero-order valence-corrected chi connectivity index (χ0v) is 13.5. The minimum atomic E-state index is -0.233. The first kappa shape index (κ1) is 16.1. The Morgan fingerprint density at radius 2 is 2.08 bits per heavy atom. The third-order valence-corrected chi connectivity index (χ3v) is 4.06. The van der Waals surface area contributed by atoms with Crippen molar-refractivity contribution in [2.45, 2.75) is 19.8 Å². The molecule has 1 aliphatic rings. The number of carbonyl (C=O) groups excluding carboxylic acids is 2. The summed E-state index contributed by atoms with van der Waals surface area (Å²) in [6, 6.07) is 7.06. The highest BCUT2D eigenvalue weighted by molar-refractivity contribution is 5.94. The quantitative estimate of drug-likeness (QED) is 0.780. The van der Waals surface area contributed by atoms with Gasteiger partial charge in [-0.05, 0) is 54.5 Å². The molecule has 8 heteroatoms. The van der Waals surface area contributed by atoms with Crippen LogP contribution in [0.3, 0.4) is 0 Å². The number of carbonyl (C=O) groups is 2. The van der Waals surface area contributed by atoms with Crippen molar-refractivity contribution >= 4 is 11.9 Å². The molecule has 1 aliphatic heterocycles. The summed E-state index contributed by atoms with van der Waals surface area (Å²) in [5.41, 5.74) is 1.36. The number of tetrazole rings is 1. The molecule has 1 aromatic carbocycles. The molecular weight excluding hydrogens is 310 g/mol. The van der Waals surface area contributed by atoms with Gasteiger partial charge in [-0.3, -0.25) is 9.59 Å². The number of hydrogen-bond donors (Lipinski definition) is 0. The highest BCUT2D eigenvalue weighted by Crippen LogP contribution is 2.20. The van der Waals surface area contributed by atoms with Crippen LogP contribution in [-0.2, 0) is 9.53 Å². The van der Waals surface area contributed by atoms with Crippen LogP contribution in [0.1, 0.15) is 30.1 Å². The van der Waals surface area contributed by atoms with Crippen LogP contribution in [0.5, 0.6) is 0 Å². The van der Waals surface area contributed by atoms with E-state index in [9.17, 15) is 9.59 Å². The Balaban J connectivity index is 1.68. The summed E-state index contributed by atoms with van der Waals surface area (Å²) >= 11 is 0. The fraction of sp³-hybridized carbons (Fsp3) is 0.438. The average Bonchev–Trinajstić information content (AvgIpc) is 3.16. The third kappa shape index (κ3) is 3.42. The summed E-state index contributed by atoms with van der Waals surface area (Å²) in [7, 11) is 0. The molecule has 1 atom stereocenters. The van der Waals surface area contributed by atoms with Gasteiger partial charge in [-0.25, -0.2) is 4.68 Å². The van der Waals surface area contributed by atoms with Crippen LogP contribution in [0.4, 0.5) is 0 Å². The molecule has 0 saturated carbocycles. The first-order valence-electron chi connectivity index (χ1n) is 7.98. The Labute approximate surface area is 139 Å². The summed E-state index contributed by atoms with van der Waals surface area (Å²) in [5, 5.41) is 11.0. The smallest absolute Gasteiger partial charge is 0.310 e. The largest absolute Gasteiger partial charge is 0.466 e. The molecule has 1 aromatic heterocycles. The van der Waals surface area contributed by atoms with Gasteiger partial charge in [0, 0.05) is 18.7 Å². The van der Waals surface area contributed by atoms with Gasteiger partial charge in [-0.2, -0.15) is 0 Å². The molecule has 1 amide bonds. The Kier molecular flexibility index (Phi) is 4.83. The van der Waals surface area contributed by atoms with Crippen LogP contribution in [0.25, 0.3) is 5.69 Å². The van der Waals surface area contributed by atoms with Crippen molar-refractivity contribution in [1.82, 2.24) is 25.1 Å². The first-order chi connectivity index (χ1) is 11.7. The Morgan fingerprint density at radius 1 is 1.29 bits per heavy atom. The molecule has 0 N–H and O–H groups in total. The van der Waals surface area contributed by atoms with E-state index >= 15 is 0 Å². The highest BCUT2D eigenvalue weighted by atomic mass is 16.5. The zero-order valence-electron chi connectivity index (χ0n) is 13.5. The lowest BCUT2D eigenvalue weighted by molar-refractivity contribution is -0.149. The van der Waals surface area contributed by atoms with Gasteiger partial charge in [0.25, 0.3) is 5.91 Å². The molecule has 0 aliphatic carbocycles. The van der Waals surface area contributed by atoms with E-state index in [2.05, 4.69) is 15.5 Å². The van der Waals surface area contributed by atoms with E-state index in [1.54, 1.807) is 36.1 Å². The average molecular weight is 329 g/mol. The first-order valence-corrected chi connectivity index (χ1v) is 7.98. The van der Waals surface area contributed by atoms with E-state index in [0.29, 0.717) is 25.3 Å². The molecule has 24 heavy (non-hydrogen) atoms. The Bertz CT molecular complexity index is 699. The minimum Gasteiger partial charge on any atom is -0.466 e. The third-order valence-electron chi connectivity index (χ3n) is 4.06. The van der Waals surface area contributed by atoms with E-state index in [-0.39, 0.29) is 17.8 Å². The summed E-state index contributed by atoms with van der Waals surface area (Å²) in [5.74, 6) is -0.528. The lowest BCUT2D eigenvalue weighted by atomic mass is 9.97. The highest BCUT2D eigenvalue weighted by Gasteiger charge is 2.29. The van der Waals surface area contributed by atoms with Crippen molar-refractivity contribution in [3.63, 3.8) is 0 Å². The van der Waals surface area contributed by atoms with Crippen LogP contribution in [-0.4, -0.2) is 56.7 Å². The number of amides is 1. The standard InChI is InChI=1S/C16H19N5O3/c1-2-24-16(23)13-4-3-9-20(10-13)15(22)12-5-7-14(8-6-12)21-11-17-18-19-21/h5-8,11,13H,2-4,9-10H2,1H3. The molecule has 126 valence electrons.